The Balaban J connectivity index is 1.76. The second-order valence-electron chi connectivity index (χ2n) is 6.70. The van der Waals surface area contributed by atoms with Crippen LogP contribution in [0.25, 0.3) is 0 Å². The van der Waals surface area contributed by atoms with Gasteiger partial charge in [-0.15, -0.1) is 0 Å². The predicted molar refractivity (Wildman–Crippen MR) is 89.9 cm³/mol. The quantitative estimate of drug-likeness (QED) is 0.654. The topological polar surface area (TPSA) is 86.1 Å². The SMILES string of the molecule is O=[N+]([O-])c1cc2c(cc1[C@H](C1CCOCC1)N1CCNCC1)OCO2. The molecule has 4 rings (SSSR count). The molecule has 0 aliphatic carbocycles. The number of ether oxygens (including phenoxy) is 3. The predicted octanol–water partition coefficient (Wildman–Crippen LogP) is 1.70. The molecular weight excluding hydrogens is 326 g/mol. The first kappa shape index (κ1) is 16.6. The van der Waals surface area contributed by atoms with Crippen molar-refractivity contribution in [1.29, 1.82) is 0 Å². The summed E-state index contributed by atoms with van der Waals surface area (Å²) in [6.07, 6.45) is 1.83. The third kappa shape index (κ3) is 3.29. The Labute approximate surface area is 146 Å². The smallest absolute Gasteiger partial charge is 0.278 e. The lowest BCUT2D eigenvalue weighted by Gasteiger charge is -2.40. The van der Waals surface area contributed by atoms with E-state index in [1.54, 1.807) is 0 Å². The molecule has 0 saturated carbocycles. The summed E-state index contributed by atoms with van der Waals surface area (Å²) >= 11 is 0. The van der Waals surface area contributed by atoms with Gasteiger partial charge in [0.15, 0.2) is 11.5 Å². The highest BCUT2D eigenvalue weighted by Gasteiger charge is 2.37. The minimum absolute atomic E-state index is 0.000833. The molecule has 0 radical (unpaired) electrons. The Morgan fingerprint density at radius 3 is 2.52 bits per heavy atom. The van der Waals surface area contributed by atoms with E-state index in [0.29, 0.717) is 30.6 Å². The van der Waals surface area contributed by atoms with Gasteiger partial charge in [-0.1, -0.05) is 0 Å². The van der Waals surface area contributed by atoms with Gasteiger partial charge in [-0.3, -0.25) is 15.0 Å². The van der Waals surface area contributed by atoms with Crippen molar-refractivity contribution >= 4 is 5.69 Å². The van der Waals surface area contributed by atoms with Crippen molar-refractivity contribution in [2.24, 2.45) is 5.92 Å². The Kier molecular flexibility index (Phi) is 4.74. The first-order chi connectivity index (χ1) is 12.2. The molecule has 0 spiro atoms. The number of hydrogen-bond acceptors (Lipinski definition) is 7. The highest BCUT2D eigenvalue weighted by molar-refractivity contribution is 5.56. The third-order valence-corrected chi connectivity index (χ3v) is 5.29. The van der Waals surface area contributed by atoms with Gasteiger partial charge in [0.05, 0.1) is 16.6 Å². The first-order valence-electron chi connectivity index (χ1n) is 8.84. The fraction of sp³-hybridized carbons (Fsp3) is 0.647. The molecule has 1 aromatic rings. The molecule has 2 saturated heterocycles. The second-order valence-corrected chi connectivity index (χ2v) is 6.70. The molecule has 25 heavy (non-hydrogen) atoms. The maximum atomic E-state index is 11.7. The average Bonchev–Trinajstić information content (AvgIpc) is 3.10. The number of nitro benzene ring substituents is 1. The second kappa shape index (κ2) is 7.15. The van der Waals surface area contributed by atoms with Gasteiger partial charge >= 0.3 is 0 Å². The van der Waals surface area contributed by atoms with Gasteiger partial charge < -0.3 is 19.5 Å². The molecule has 1 aromatic carbocycles. The zero-order valence-corrected chi connectivity index (χ0v) is 14.1. The van der Waals surface area contributed by atoms with Crippen LogP contribution in [0.2, 0.25) is 0 Å². The van der Waals surface area contributed by atoms with Crippen LogP contribution in [0.4, 0.5) is 5.69 Å². The van der Waals surface area contributed by atoms with Crippen LogP contribution in [-0.4, -0.2) is 56.0 Å². The minimum Gasteiger partial charge on any atom is -0.454 e. The Bertz CT molecular complexity index is 623. The largest absolute Gasteiger partial charge is 0.454 e. The number of hydrogen-bond donors (Lipinski definition) is 1. The van der Waals surface area contributed by atoms with Crippen LogP contribution in [0.5, 0.6) is 11.5 Å². The summed E-state index contributed by atoms with van der Waals surface area (Å²) < 4.78 is 16.4. The number of rotatable bonds is 4. The van der Waals surface area contributed by atoms with Gasteiger partial charge in [0.1, 0.15) is 0 Å². The lowest BCUT2D eigenvalue weighted by atomic mass is 9.84. The summed E-state index contributed by atoms with van der Waals surface area (Å²) in [4.78, 5) is 13.8. The number of nitrogens with zero attached hydrogens (tertiary/aromatic N) is 2. The lowest BCUT2D eigenvalue weighted by molar-refractivity contribution is -0.386. The molecule has 0 bridgehead atoms. The van der Waals surface area contributed by atoms with Crippen LogP contribution in [0.1, 0.15) is 24.4 Å². The molecule has 0 unspecified atom stereocenters. The summed E-state index contributed by atoms with van der Waals surface area (Å²) in [5, 5.41) is 15.1. The van der Waals surface area contributed by atoms with Crippen LogP contribution >= 0.6 is 0 Å². The fourth-order valence-electron chi connectivity index (χ4n) is 4.08. The molecule has 3 aliphatic heterocycles. The lowest BCUT2D eigenvalue weighted by Crippen LogP contribution is -2.47. The van der Waals surface area contributed by atoms with E-state index in [1.165, 1.54) is 6.07 Å². The maximum Gasteiger partial charge on any atom is 0.278 e. The van der Waals surface area contributed by atoms with Crippen molar-refractivity contribution in [3.63, 3.8) is 0 Å². The van der Waals surface area contributed by atoms with Crippen molar-refractivity contribution in [2.75, 3.05) is 46.2 Å². The first-order valence-corrected chi connectivity index (χ1v) is 8.84. The summed E-state index contributed by atoms with van der Waals surface area (Å²) in [5.41, 5.74) is 0.863. The third-order valence-electron chi connectivity index (χ3n) is 5.29. The van der Waals surface area contributed by atoms with Gasteiger partial charge in [0.25, 0.3) is 5.69 Å². The normalized spacial score (nSPS) is 22.7. The number of nitrogens with one attached hydrogen (secondary N) is 1. The van der Waals surface area contributed by atoms with Gasteiger partial charge in [0.2, 0.25) is 6.79 Å². The maximum absolute atomic E-state index is 11.7. The number of benzene rings is 1. The summed E-state index contributed by atoms with van der Waals surface area (Å²) in [6.45, 7) is 5.11. The summed E-state index contributed by atoms with van der Waals surface area (Å²) in [6, 6.07) is 3.34. The average molecular weight is 349 g/mol. The van der Waals surface area contributed by atoms with Crippen LogP contribution in [0.3, 0.4) is 0 Å². The highest BCUT2D eigenvalue weighted by atomic mass is 16.7. The Morgan fingerprint density at radius 1 is 1.16 bits per heavy atom. The molecule has 1 atom stereocenters. The molecule has 2 fully saturated rings. The molecule has 3 aliphatic rings. The van der Waals surface area contributed by atoms with E-state index in [9.17, 15) is 10.1 Å². The number of fused-ring (bicyclic) bond motifs is 1. The van der Waals surface area contributed by atoms with E-state index in [0.717, 1.165) is 44.6 Å². The van der Waals surface area contributed by atoms with Gasteiger partial charge in [0, 0.05) is 45.4 Å². The van der Waals surface area contributed by atoms with Crippen LogP contribution in [-0.2, 0) is 4.74 Å². The molecule has 1 N–H and O–H groups in total. The molecule has 0 amide bonds. The zero-order chi connectivity index (χ0) is 17.2. The zero-order valence-electron chi connectivity index (χ0n) is 14.1. The Hall–Kier alpha value is -1.90. The molecule has 136 valence electrons. The summed E-state index contributed by atoms with van der Waals surface area (Å²) in [5.74, 6) is 1.40. The standard InChI is InChI=1S/C17H23N3O5/c21-20(22)14-10-16-15(24-11-25-16)9-13(14)17(12-1-7-23-8-2-12)19-5-3-18-4-6-19/h9-10,12,17-18H,1-8,11H2/t17-/m0/s1. The molecule has 3 heterocycles. The van der Waals surface area contributed by atoms with E-state index < -0.39 is 0 Å². The van der Waals surface area contributed by atoms with E-state index in [1.807, 2.05) is 6.07 Å². The highest BCUT2D eigenvalue weighted by Crippen LogP contribution is 2.45. The van der Waals surface area contributed by atoms with Crippen molar-refractivity contribution in [3.8, 4) is 11.5 Å². The molecule has 8 nitrogen and oxygen atoms in total. The fourth-order valence-corrected chi connectivity index (χ4v) is 4.08. The van der Waals surface area contributed by atoms with E-state index >= 15 is 0 Å². The van der Waals surface area contributed by atoms with Crippen molar-refractivity contribution in [3.05, 3.63) is 27.8 Å². The molecular formula is C17H23N3O5. The molecule has 0 aromatic heterocycles. The summed E-state index contributed by atoms with van der Waals surface area (Å²) in [7, 11) is 0. The number of nitro groups is 1. The van der Waals surface area contributed by atoms with Crippen molar-refractivity contribution in [1.82, 2.24) is 10.2 Å². The van der Waals surface area contributed by atoms with Crippen LogP contribution in [0.15, 0.2) is 12.1 Å². The van der Waals surface area contributed by atoms with Crippen LogP contribution in [0, 0.1) is 16.0 Å². The van der Waals surface area contributed by atoms with Gasteiger partial charge in [-0.05, 0) is 24.8 Å². The van der Waals surface area contributed by atoms with E-state index in [-0.39, 0.29) is 23.4 Å². The Morgan fingerprint density at radius 2 is 1.84 bits per heavy atom. The minimum atomic E-state index is -0.300. The van der Waals surface area contributed by atoms with Crippen LogP contribution < -0.4 is 14.8 Å². The van der Waals surface area contributed by atoms with Gasteiger partial charge in [-0.2, -0.15) is 0 Å². The molecule has 8 heteroatoms. The van der Waals surface area contributed by atoms with Gasteiger partial charge in [-0.25, -0.2) is 0 Å². The van der Waals surface area contributed by atoms with Crippen molar-refractivity contribution in [2.45, 2.75) is 18.9 Å². The number of piperazine rings is 1. The van der Waals surface area contributed by atoms with E-state index in [4.69, 9.17) is 14.2 Å². The van der Waals surface area contributed by atoms with E-state index in [2.05, 4.69) is 10.2 Å². The van der Waals surface area contributed by atoms with Crippen molar-refractivity contribution < 1.29 is 19.1 Å². The monoisotopic (exact) mass is 349 g/mol.